The van der Waals surface area contributed by atoms with E-state index in [1.165, 1.54) is 12.8 Å². The SMILES string of the molecule is CC(C)C1CCC(CN)(OCc2ccn(C(C)C)n2)CC1. The van der Waals surface area contributed by atoms with Gasteiger partial charge in [0, 0.05) is 18.8 Å². The molecule has 4 nitrogen and oxygen atoms in total. The summed E-state index contributed by atoms with van der Waals surface area (Å²) in [5.74, 6) is 1.59. The molecule has 0 bridgehead atoms. The van der Waals surface area contributed by atoms with Gasteiger partial charge in [-0.3, -0.25) is 4.68 Å². The third-order valence-electron chi connectivity index (χ3n) is 4.98. The van der Waals surface area contributed by atoms with Crippen molar-refractivity contribution < 1.29 is 4.74 Å². The molecule has 1 aromatic rings. The number of hydrogen-bond acceptors (Lipinski definition) is 3. The summed E-state index contributed by atoms with van der Waals surface area (Å²) < 4.78 is 8.20. The maximum absolute atomic E-state index is 6.23. The second-order valence-electron chi connectivity index (χ2n) is 7.14. The van der Waals surface area contributed by atoms with Crippen LogP contribution in [-0.2, 0) is 11.3 Å². The number of hydrogen-bond donors (Lipinski definition) is 1. The minimum absolute atomic E-state index is 0.132. The first kappa shape index (κ1) is 16.5. The average Bonchev–Trinajstić information content (AvgIpc) is 2.95. The maximum atomic E-state index is 6.23. The van der Waals surface area contributed by atoms with Gasteiger partial charge < -0.3 is 10.5 Å². The van der Waals surface area contributed by atoms with Crippen LogP contribution < -0.4 is 5.73 Å². The Labute approximate surface area is 129 Å². The normalized spacial score (nSPS) is 26.7. The fraction of sp³-hybridized carbons (Fsp3) is 0.824. The molecule has 1 aliphatic rings. The Bertz CT molecular complexity index is 431. The molecule has 0 radical (unpaired) electrons. The van der Waals surface area contributed by atoms with Crippen molar-refractivity contribution in [2.75, 3.05) is 6.54 Å². The zero-order chi connectivity index (χ0) is 15.5. The van der Waals surface area contributed by atoms with E-state index >= 15 is 0 Å². The van der Waals surface area contributed by atoms with Crippen LogP contribution in [0.5, 0.6) is 0 Å². The molecule has 1 heterocycles. The monoisotopic (exact) mass is 293 g/mol. The Kier molecular flexibility index (Phi) is 5.44. The molecular formula is C17H31N3O. The number of aromatic nitrogens is 2. The highest BCUT2D eigenvalue weighted by Crippen LogP contribution is 2.37. The quantitative estimate of drug-likeness (QED) is 0.873. The minimum Gasteiger partial charge on any atom is -0.367 e. The molecule has 0 unspecified atom stereocenters. The van der Waals surface area contributed by atoms with Crippen LogP contribution in [0, 0.1) is 11.8 Å². The summed E-state index contributed by atoms with van der Waals surface area (Å²) in [5.41, 5.74) is 6.90. The summed E-state index contributed by atoms with van der Waals surface area (Å²) in [6.07, 6.45) is 6.65. The molecule has 2 rings (SSSR count). The van der Waals surface area contributed by atoms with Crippen LogP contribution in [0.2, 0.25) is 0 Å². The van der Waals surface area contributed by atoms with Gasteiger partial charge in [-0.15, -0.1) is 0 Å². The second kappa shape index (κ2) is 6.93. The number of nitrogens with zero attached hydrogens (tertiary/aromatic N) is 2. The zero-order valence-electron chi connectivity index (χ0n) is 14.0. The van der Waals surface area contributed by atoms with Crippen molar-refractivity contribution in [3.8, 4) is 0 Å². The van der Waals surface area contributed by atoms with Crippen LogP contribution in [0.4, 0.5) is 0 Å². The van der Waals surface area contributed by atoms with Crippen LogP contribution in [0.15, 0.2) is 12.3 Å². The Morgan fingerprint density at radius 1 is 1.33 bits per heavy atom. The van der Waals surface area contributed by atoms with Gasteiger partial charge in [-0.1, -0.05) is 13.8 Å². The third-order valence-corrected chi connectivity index (χ3v) is 4.98. The van der Waals surface area contributed by atoms with Gasteiger partial charge in [-0.2, -0.15) is 5.10 Å². The van der Waals surface area contributed by atoms with E-state index in [0.717, 1.165) is 30.4 Å². The van der Waals surface area contributed by atoms with Gasteiger partial charge in [0.1, 0.15) is 0 Å². The molecule has 1 aliphatic carbocycles. The Hall–Kier alpha value is -0.870. The van der Waals surface area contributed by atoms with Gasteiger partial charge in [0.25, 0.3) is 0 Å². The summed E-state index contributed by atoms with van der Waals surface area (Å²) in [7, 11) is 0. The number of ether oxygens (including phenoxy) is 1. The number of rotatable bonds is 6. The van der Waals surface area contributed by atoms with Gasteiger partial charge >= 0.3 is 0 Å². The predicted molar refractivity (Wildman–Crippen MR) is 86.0 cm³/mol. The first-order chi connectivity index (χ1) is 9.96. The van der Waals surface area contributed by atoms with E-state index in [9.17, 15) is 0 Å². The van der Waals surface area contributed by atoms with E-state index in [0.29, 0.717) is 19.2 Å². The molecule has 1 aromatic heterocycles. The first-order valence-corrected chi connectivity index (χ1v) is 8.34. The van der Waals surface area contributed by atoms with Crippen LogP contribution in [0.25, 0.3) is 0 Å². The van der Waals surface area contributed by atoms with E-state index in [1.54, 1.807) is 0 Å². The lowest BCUT2D eigenvalue weighted by atomic mass is 9.74. The van der Waals surface area contributed by atoms with Gasteiger partial charge in [0.2, 0.25) is 0 Å². The lowest BCUT2D eigenvalue weighted by Crippen LogP contribution is -2.44. The van der Waals surface area contributed by atoms with E-state index < -0.39 is 0 Å². The van der Waals surface area contributed by atoms with Crippen LogP contribution in [-0.4, -0.2) is 21.9 Å². The minimum atomic E-state index is -0.132. The molecule has 0 aliphatic heterocycles. The smallest absolute Gasteiger partial charge is 0.0914 e. The molecule has 0 atom stereocenters. The Balaban J connectivity index is 1.90. The van der Waals surface area contributed by atoms with Crippen molar-refractivity contribution >= 4 is 0 Å². The molecule has 21 heavy (non-hydrogen) atoms. The topological polar surface area (TPSA) is 53.1 Å². The lowest BCUT2D eigenvalue weighted by molar-refractivity contribution is -0.0852. The van der Waals surface area contributed by atoms with Gasteiger partial charge in [-0.25, -0.2) is 0 Å². The molecule has 1 fully saturated rings. The third kappa shape index (κ3) is 4.07. The molecule has 4 heteroatoms. The number of nitrogens with two attached hydrogens (primary N) is 1. The molecule has 1 saturated carbocycles. The molecule has 0 saturated heterocycles. The average molecular weight is 293 g/mol. The Morgan fingerprint density at radius 3 is 2.48 bits per heavy atom. The van der Waals surface area contributed by atoms with Crippen LogP contribution in [0.3, 0.4) is 0 Å². The van der Waals surface area contributed by atoms with Crippen molar-refractivity contribution in [3.05, 3.63) is 18.0 Å². The van der Waals surface area contributed by atoms with Crippen molar-refractivity contribution in [2.45, 2.75) is 71.6 Å². The highest BCUT2D eigenvalue weighted by molar-refractivity contribution is 4.99. The van der Waals surface area contributed by atoms with E-state index in [1.807, 2.05) is 16.9 Å². The maximum Gasteiger partial charge on any atom is 0.0914 e. The van der Waals surface area contributed by atoms with Gasteiger partial charge in [-0.05, 0) is 57.4 Å². The Morgan fingerprint density at radius 2 is 2.00 bits per heavy atom. The van der Waals surface area contributed by atoms with Crippen LogP contribution >= 0.6 is 0 Å². The molecule has 0 spiro atoms. The van der Waals surface area contributed by atoms with Crippen LogP contribution in [0.1, 0.15) is 65.1 Å². The summed E-state index contributed by atoms with van der Waals surface area (Å²) in [4.78, 5) is 0. The molecule has 120 valence electrons. The standard InChI is InChI=1S/C17H31N3O/c1-13(2)15-5-8-17(12-18,9-6-15)21-11-16-7-10-20(19-16)14(3)4/h7,10,13-15H,5-6,8-9,11-12,18H2,1-4H3. The molecular weight excluding hydrogens is 262 g/mol. The van der Waals surface area contributed by atoms with Crippen molar-refractivity contribution in [3.63, 3.8) is 0 Å². The van der Waals surface area contributed by atoms with E-state index in [4.69, 9.17) is 10.5 Å². The van der Waals surface area contributed by atoms with Gasteiger partial charge in [0.15, 0.2) is 0 Å². The summed E-state index contributed by atoms with van der Waals surface area (Å²) in [6.45, 7) is 10.1. The van der Waals surface area contributed by atoms with Gasteiger partial charge in [0.05, 0.1) is 17.9 Å². The van der Waals surface area contributed by atoms with Crippen molar-refractivity contribution in [2.24, 2.45) is 17.6 Å². The summed E-state index contributed by atoms with van der Waals surface area (Å²) in [6, 6.07) is 2.44. The first-order valence-electron chi connectivity index (χ1n) is 8.34. The highest BCUT2D eigenvalue weighted by atomic mass is 16.5. The molecule has 0 aromatic carbocycles. The van der Waals surface area contributed by atoms with Crippen molar-refractivity contribution in [1.82, 2.24) is 9.78 Å². The summed E-state index contributed by atoms with van der Waals surface area (Å²) >= 11 is 0. The fourth-order valence-electron chi connectivity index (χ4n) is 3.21. The van der Waals surface area contributed by atoms with E-state index in [2.05, 4.69) is 32.8 Å². The highest BCUT2D eigenvalue weighted by Gasteiger charge is 2.36. The molecule has 0 amide bonds. The molecule has 2 N–H and O–H groups in total. The second-order valence-corrected chi connectivity index (χ2v) is 7.14. The summed E-state index contributed by atoms with van der Waals surface area (Å²) in [5, 5.41) is 4.55. The van der Waals surface area contributed by atoms with Crippen molar-refractivity contribution in [1.29, 1.82) is 0 Å². The van der Waals surface area contributed by atoms with E-state index in [-0.39, 0.29) is 5.60 Å². The lowest BCUT2D eigenvalue weighted by Gasteiger charge is -2.40. The predicted octanol–water partition coefficient (Wildman–Crippen LogP) is 3.52. The largest absolute Gasteiger partial charge is 0.367 e. The zero-order valence-corrected chi connectivity index (χ0v) is 14.0. The fourth-order valence-corrected chi connectivity index (χ4v) is 3.21.